The molecular weight excluding hydrogens is 274 g/mol. The van der Waals surface area contributed by atoms with Gasteiger partial charge in [0, 0.05) is 17.2 Å². The Labute approximate surface area is 115 Å². The molecule has 0 saturated carbocycles. The average Bonchev–Trinajstić information content (AvgIpc) is 2.38. The number of hydrogen-bond acceptors (Lipinski definition) is 5. The van der Waals surface area contributed by atoms with Crippen LogP contribution < -0.4 is 5.73 Å². The highest BCUT2D eigenvalue weighted by Crippen LogP contribution is 2.01. The number of ether oxygens (including phenoxy) is 1. The fourth-order valence-corrected chi connectivity index (χ4v) is 1.12. The first-order valence-corrected chi connectivity index (χ1v) is 5.67. The van der Waals surface area contributed by atoms with Crippen LogP contribution in [0.25, 0.3) is 0 Å². The molecule has 0 radical (unpaired) electrons. The van der Waals surface area contributed by atoms with E-state index < -0.39 is 23.2 Å². The van der Waals surface area contributed by atoms with Crippen molar-refractivity contribution in [1.29, 1.82) is 0 Å². The van der Waals surface area contributed by atoms with E-state index in [9.17, 15) is 14.4 Å². The zero-order valence-electron chi connectivity index (χ0n) is 10.2. The minimum absolute atomic E-state index is 0.317. The summed E-state index contributed by atoms with van der Waals surface area (Å²) in [6, 6.07) is 6.64. The number of hydrogen-bond donors (Lipinski definition) is 2. The number of ketones is 1. The maximum Gasteiger partial charge on any atom is 0.403 e. The second-order valence-electron chi connectivity index (χ2n) is 3.22. The van der Waals surface area contributed by atoms with Gasteiger partial charge in [-0.1, -0.05) is 30.3 Å². The van der Waals surface area contributed by atoms with E-state index in [0.29, 0.717) is 12.2 Å². The zero-order valence-corrected chi connectivity index (χ0v) is 11.0. The summed E-state index contributed by atoms with van der Waals surface area (Å²) in [4.78, 5) is 31.2. The van der Waals surface area contributed by atoms with Gasteiger partial charge in [0.1, 0.15) is 0 Å². The van der Waals surface area contributed by atoms with Gasteiger partial charge in [-0.25, -0.2) is 4.79 Å². The number of nitrogens with two attached hydrogens (primary N) is 1. The topological polar surface area (TPSA) is 107 Å². The molecule has 0 aromatic heterocycles. The maximum absolute atomic E-state index is 11.3. The highest BCUT2D eigenvalue weighted by molar-refractivity contribution is 6.61. The monoisotopic (exact) mass is 287 g/mol. The minimum atomic E-state index is -1.47. The van der Waals surface area contributed by atoms with Gasteiger partial charge in [0.05, 0.1) is 6.61 Å². The lowest BCUT2D eigenvalue weighted by Crippen LogP contribution is -2.38. The lowest BCUT2D eigenvalue weighted by molar-refractivity contribution is -0.137. The van der Waals surface area contributed by atoms with Crippen LogP contribution >= 0.6 is 11.6 Å². The quantitative estimate of drug-likeness (QED) is 0.495. The number of Topliss-reactive ketones (excluding diaryl/α,β-unsaturated/α-hetero) is 1. The molecule has 7 heteroatoms. The SMILES string of the molecule is CCOC(=O)Cl.NC(C(=O)O)C(=O)c1ccccc1. The van der Waals surface area contributed by atoms with E-state index in [1.165, 1.54) is 12.1 Å². The number of carboxylic acid groups (broad SMARTS) is 1. The van der Waals surface area contributed by atoms with E-state index >= 15 is 0 Å². The Bertz CT molecular complexity index is 435. The van der Waals surface area contributed by atoms with Gasteiger partial charge in [-0.2, -0.15) is 0 Å². The van der Waals surface area contributed by atoms with E-state index in [2.05, 4.69) is 4.74 Å². The van der Waals surface area contributed by atoms with Crippen LogP contribution in [-0.4, -0.2) is 34.9 Å². The molecule has 0 aliphatic rings. The summed E-state index contributed by atoms with van der Waals surface area (Å²) in [5.74, 6) is -1.89. The number of halogens is 1. The van der Waals surface area contributed by atoms with Gasteiger partial charge in [0.2, 0.25) is 0 Å². The Morgan fingerprint density at radius 3 is 2.16 bits per heavy atom. The summed E-state index contributed by atoms with van der Waals surface area (Å²) < 4.78 is 4.17. The average molecular weight is 288 g/mol. The number of benzene rings is 1. The largest absolute Gasteiger partial charge is 0.480 e. The van der Waals surface area contributed by atoms with Crippen molar-refractivity contribution in [2.45, 2.75) is 13.0 Å². The number of carbonyl (C=O) groups is 3. The van der Waals surface area contributed by atoms with E-state index in [1.54, 1.807) is 25.1 Å². The third-order valence-electron chi connectivity index (χ3n) is 1.86. The molecule has 3 N–H and O–H groups in total. The predicted molar refractivity (Wildman–Crippen MR) is 69.3 cm³/mol. The van der Waals surface area contributed by atoms with Crippen molar-refractivity contribution < 1.29 is 24.2 Å². The third-order valence-corrected chi connectivity index (χ3v) is 1.97. The fraction of sp³-hybridized carbons (Fsp3) is 0.250. The summed E-state index contributed by atoms with van der Waals surface area (Å²) in [5.41, 5.74) is 4.72. The van der Waals surface area contributed by atoms with Gasteiger partial charge in [-0.15, -0.1) is 0 Å². The lowest BCUT2D eigenvalue weighted by Gasteiger charge is -2.04. The summed E-state index contributed by atoms with van der Waals surface area (Å²) in [6.07, 6.45) is 0. The number of carbonyl (C=O) groups excluding carboxylic acids is 2. The molecule has 1 atom stereocenters. The molecule has 104 valence electrons. The second-order valence-corrected chi connectivity index (χ2v) is 3.53. The van der Waals surface area contributed by atoms with E-state index in [4.69, 9.17) is 22.4 Å². The molecule has 0 saturated heterocycles. The van der Waals surface area contributed by atoms with Crippen molar-refractivity contribution in [2.75, 3.05) is 6.61 Å². The Morgan fingerprint density at radius 1 is 1.32 bits per heavy atom. The number of carboxylic acids is 1. The van der Waals surface area contributed by atoms with Crippen molar-refractivity contribution >= 4 is 28.8 Å². The molecule has 0 heterocycles. The Balaban J connectivity index is 0.000000459. The molecule has 6 nitrogen and oxygen atoms in total. The summed E-state index contributed by atoms with van der Waals surface area (Å²) in [5, 5.41) is 8.47. The standard InChI is InChI=1S/C9H9NO3.C3H5ClO2/c10-7(9(12)13)8(11)6-4-2-1-3-5-6;1-2-6-3(4)5/h1-5,7H,10H2,(H,12,13);2H2,1H3. The van der Waals surface area contributed by atoms with Gasteiger partial charge in [0.25, 0.3) is 0 Å². The van der Waals surface area contributed by atoms with Gasteiger partial charge in [0.15, 0.2) is 11.8 Å². The molecule has 1 aromatic rings. The Hall–Kier alpha value is -1.92. The molecule has 0 amide bonds. The van der Waals surface area contributed by atoms with Gasteiger partial charge >= 0.3 is 11.4 Å². The van der Waals surface area contributed by atoms with Gasteiger partial charge in [-0.05, 0) is 6.92 Å². The van der Waals surface area contributed by atoms with Crippen molar-refractivity contribution in [2.24, 2.45) is 5.73 Å². The van der Waals surface area contributed by atoms with Crippen LogP contribution in [0.3, 0.4) is 0 Å². The molecule has 0 spiro atoms. The van der Waals surface area contributed by atoms with Crippen LogP contribution in [0, 0.1) is 0 Å². The Morgan fingerprint density at radius 2 is 1.84 bits per heavy atom. The van der Waals surface area contributed by atoms with Crippen molar-refractivity contribution in [1.82, 2.24) is 0 Å². The van der Waals surface area contributed by atoms with E-state index in [1.807, 2.05) is 0 Å². The first-order valence-electron chi connectivity index (χ1n) is 5.30. The third kappa shape index (κ3) is 7.17. The molecular formula is C12H14ClNO5. The highest BCUT2D eigenvalue weighted by Gasteiger charge is 2.21. The normalized spacial score (nSPS) is 10.7. The molecule has 1 aromatic carbocycles. The maximum atomic E-state index is 11.3. The molecule has 0 aliphatic heterocycles. The van der Waals surface area contributed by atoms with Crippen LogP contribution in [0.5, 0.6) is 0 Å². The van der Waals surface area contributed by atoms with Gasteiger partial charge < -0.3 is 15.6 Å². The van der Waals surface area contributed by atoms with Crippen LogP contribution in [0.1, 0.15) is 17.3 Å². The van der Waals surface area contributed by atoms with Crippen LogP contribution in [0.4, 0.5) is 4.79 Å². The molecule has 19 heavy (non-hydrogen) atoms. The second kappa shape index (κ2) is 9.07. The molecule has 1 unspecified atom stereocenters. The minimum Gasteiger partial charge on any atom is -0.480 e. The van der Waals surface area contributed by atoms with Crippen LogP contribution in [0.2, 0.25) is 0 Å². The lowest BCUT2D eigenvalue weighted by atomic mass is 10.1. The summed E-state index contributed by atoms with van der Waals surface area (Å²) >= 11 is 4.72. The Kier molecular flexibility index (Phi) is 8.15. The predicted octanol–water partition coefficient (Wildman–Crippen LogP) is 1.66. The fourth-order valence-electron chi connectivity index (χ4n) is 1.01. The van der Waals surface area contributed by atoms with Crippen molar-refractivity contribution in [3.8, 4) is 0 Å². The smallest absolute Gasteiger partial charge is 0.403 e. The summed E-state index contributed by atoms with van der Waals surface area (Å²) in [6.45, 7) is 2.04. The van der Waals surface area contributed by atoms with Crippen LogP contribution in [0.15, 0.2) is 30.3 Å². The molecule has 1 rings (SSSR count). The first-order chi connectivity index (χ1) is 8.90. The molecule has 0 fully saturated rings. The van der Waals surface area contributed by atoms with Crippen LogP contribution in [-0.2, 0) is 9.53 Å². The zero-order chi connectivity index (χ0) is 14.8. The highest BCUT2D eigenvalue weighted by atomic mass is 35.5. The van der Waals surface area contributed by atoms with Crippen molar-refractivity contribution in [3.05, 3.63) is 35.9 Å². The molecule has 0 aliphatic carbocycles. The van der Waals surface area contributed by atoms with E-state index in [0.717, 1.165) is 0 Å². The first kappa shape index (κ1) is 17.1. The molecule has 0 bridgehead atoms. The van der Waals surface area contributed by atoms with E-state index in [-0.39, 0.29) is 0 Å². The van der Waals surface area contributed by atoms with Gasteiger partial charge in [-0.3, -0.25) is 9.59 Å². The van der Waals surface area contributed by atoms with Crippen molar-refractivity contribution in [3.63, 3.8) is 0 Å². The number of aliphatic carboxylic acids is 1. The summed E-state index contributed by atoms with van der Waals surface area (Å²) in [7, 11) is 0. The number of rotatable bonds is 4.